The number of amides is 4. The highest BCUT2D eigenvalue weighted by atomic mass is 79.9. The van der Waals surface area contributed by atoms with Crippen molar-refractivity contribution in [3.8, 4) is 64.5 Å². The predicted octanol–water partition coefficient (Wildman–Crippen LogP) is 14.5. The minimum atomic E-state index is -0.559. The van der Waals surface area contributed by atoms with Crippen molar-refractivity contribution in [1.29, 1.82) is 0 Å². The molecule has 0 aromatic carbocycles. The van der Waals surface area contributed by atoms with Gasteiger partial charge in [-0.25, -0.2) is 38.0 Å². The molecule has 0 radical (unpaired) electrons. The maximum atomic E-state index is 12.4. The molecule has 2 saturated heterocycles. The number of carbonyl (C=O) groups is 8. The zero-order valence-corrected chi connectivity index (χ0v) is 71.8. The standard InChI is InChI=1S/C30H28N5O5S2.C20H14N4OS2.C14H10N2O3S2.C10H14BrNO4.C7H10N2.BrH/c1-18-16-22(41-17-18)26-27(31-28(21-8-7-19(2)42-21)30-29(26)32-40-33-30)20-11-14-34(15-12-20)13-5-3-4-6-25(38)39-35-23(36)9-10-24(35)37;1-11-9-15(26-10-11)16-17(13-5-7-21-8-6-13)22-18(14-4-3-12(2)27-14)20-19(16)23-25-24-20;1-7-5-10(20-6-7)14(18)12-11(15-19-16-12)13(17)9-4-3-8(2)21-9;11-7-3-1-2-4-10(15)16-12-8(13)5-6-9(12)14;1-6(8)7-2-4-9-5-3-7;/h7-8,11-12,14-17H,3-6,9-10,13H2,1-2H3;3-10H,1-2H3;3-6H,1-2H3;1-7H2;2-6H,8H2,1H3;1H/q+1;;;;;/p-1. The van der Waals surface area contributed by atoms with E-state index in [1.54, 1.807) is 82.3 Å². The zero-order chi connectivity index (χ0) is 81.2. The van der Waals surface area contributed by atoms with E-state index in [4.69, 9.17) is 34.6 Å². The third-order valence-electron chi connectivity index (χ3n) is 17.6. The minimum absolute atomic E-state index is 0. The molecule has 2 fully saturated rings. The van der Waals surface area contributed by atoms with E-state index in [0.29, 0.717) is 49.3 Å². The number of alkyl halides is 1. The number of hydrogen-bond acceptors (Lipinski definition) is 30. The molecule has 27 nitrogen and oxygen atoms in total. The van der Waals surface area contributed by atoms with Crippen LogP contribution in [-0.4, -0.2) is 113 Å². The fourth-order valence-electron chi connectivity index (χ4n) is 11.8. The van der Waals surface area contributed by atoms with Gasteiger partial charge in [-0.2, -0.15) is 0 Å². The van der Waals surface area contributed by atoms with Crippen LogP contribution in [0.3, 0.4) is 0 Å². The summed E-state index contributed by atoms with van der Waals surface area (Å²) in [6.45, 7) is 14.8. The van der Waals surface area contributed by atoms with Crippen molar-refractivity contribution in [3.63, 3.8) is 0 Å². The Morgan fingerprint density at radius 2 is 0.905 bits per heavy atom. The van der Waals surface area contributed by atoms with Gasteiger partial charge in [-0.05, 0) is 222 Å². The van der Waals surface area contributed by atoms with Crippen LogP contribution < -0.4 is 27.3 Å². The van der Waals surface area contributed by atoms with E-state index in [1.807, 2.05) is 68.9 Å². The molecular weight excluding hydrogens is 1730 g/mol. The summed E-state index contributed by atoms with van der Waals surface area (Å²) in [5.74, 6) is -3.54. The van der Waals surface area contributed by atoms with Crippen LogP contribution in [0.1, 0.15) is 158 Å². The molecular formula is C81H76Br2N14O13S6. The van der Waals surface area contributed by atoms with Crippen LogP contribution in [0.15, 0.2) is 158 Å². The van der Waals surface area contributed by atoms with Gasteiger partial charge in [-0.3, -0.25) is 38.7 Å². The number of aryl methyl sites for hydroxylation is 7. The Kier molecular flexibility index (Phi) is 30.3. The molecule has 2 aliphatic rings. The molecule has 14 aromatic heterocycles. The molecule has 116 heavy (non-hydrogen) atoms. The molecule has 35 heteroatoms. The number of unbranched alkanes of at least 4 members (excludes halogenated alkanes) is 4. The molecule has 1 unspecified atom stereocenters. The first kappa shape index (κ1) is 86.2. The number of ketones is 2. The van der Waals surface area contributed by atoms with Gasteiger partial charge in [0.05, 0.1) is 30.9 Å². The molecule has 16 heterocycles. The van der Waals surface area contributed by atoms with E-state index >= 15 is 0 Å². The number of fused-ring (bicyclic) bond motifs is 2. The number of rotatable bonds is 24. The summed E-state index contributed by atoms with van der Waals surface area (Å²) < 4.78 is 17.1. The Morgan fingerprint density at radius 3 is 1.32 bits per heavy atom. The number of aromatic nitrogens is 11. The second-order valence-electron chi connectivity index (χ2n) is 26.6. The van der Waals surface area contributed by atoms with Gasteiger partial charge in [0.15, 0.2) is 34.8 Å². The van der Waals surface area contributed by atoms with Gasteiger partial charge in [0, 0.05) is 140 Å². The highest BCUT2D eigenvalue weighted by Gasteiger charge is 2.35. The topological polar surface area (TPSA) is 360 Å². The van der Waals surface area contributed by atoms with Crippen LogP contribution in [0.25, 0.3) is 86.6 Å². The molecule has 4 amide bonds. The number of pyridine rings is 5. The summed E-state index contributed by atoms with van der Waals surface area (Å²) in [6, 6.07) is 29.9. The fraction of sp³-hybridized carbons (Fsp3) is 0.272. The SMILES string of the molecule is CC(N)c1ccncc1.Cc1csc(-c2c(-c3cc[n+](CCCCCC(=O)ON4C(=O)CCC4=O)cc3)nc(-c3ccc(C)s3)c3nonc23)c1.Cc1csc(-c2c(-c3ccncc3)nc(-c3ccc(C)s3)c3nonc23)c1.Cc1csc(C(=O)c2nonc2C(=O)c2ccc(C)s2)c1.O=C(CCCCCBr)ON1C(=O)CCC1=O.[Br-]. The number of nitrogens with two attached hydrogens (primary N) is 1. The lowest BCUT2D eigenvalue weighted by Gasteiger charge is -2.12. The second-order valence-corrected chi connectivity index (χ2v) is 34.0. The van der Waals surface area contributed by atoms with Crippen LogP contribution in [0.2, 0.25) is 0 Å². The monoisotopic (exact) mass is 1800 g/mol. The number of hydrogen-bond donors (Lipinski definition) is 1. The number of hydroxylamine groups is 4. The van der Waals surface area contributed by atoms with Crippen molar-refractivity contribution < 1.29 is 83.5 Å². The maximum Gasteiger partial charge on any atom is 0.333 e. The van der Waals surface area contributed by atoms with Gasteiger partial charge in [-0.1, -0.05) is 22.4 Å². The van der Waals surface area contributed by atoms with Gasteiger partial charge in [0.1, 0.15) is 29.0 Å². The van der Waals surface area contributed by atoms with Crippen LogP contribution in [0, 0.1) is 41.5 Å². The average molecular weight is 1810 g/mol. The highest BCUT2D eigenvalue weighted by Crippen LogP contribution is 2.45. The average Bonchev–Trinajstić information content (AvgIpc) is 1.55. The van der Waals surface area contributed by atoms with Crippen molar-refractivity contribution in [2.24, 2.45) is 5.73 Å². The number of carbonyl (C=O) groups excluding carboxylic acids is 8. The van der Waals surface area contributed by atoms with Crippen LogP contribution in [0.4, 0.5) is 0 Å². The maximum absolute atomic E-state index is 12.4. The van der Waals surface area contributed by atoms with E-state index in [2.05, 4.69) is 153 Å². The first-order valence-electron chi connectivity index (χ1n) is 36.4. The fourth-order valence-corrected chi connectivity index (χ4v) is 17.5. The second kappa shape index (κ2) is 40.8. The summed E-state index contributed by atoms with van der Waals surface area (Å²) in [6.07, 6.45) is 16.8. The molecule has 2 aliphatic heterocycles. The van der Waals surface area contributed by atoms with E-state index in [0.717, 1.165) is 124 Å². The van der Waals surface area contributed by atoms with Gasteiger partial charge < -0.3 is 32.4 Å². The lowest BCUT2D eigenvalue weighted by molar-refractivity contribution is -0.697. The van der Waals surface area contributed by atoms with Crippen molar-refractivity contribution in [1.82, 2.24) is 61.0 Å². The Hall–Kier alpha value is -10.6. The third-order valence-corrected chi connectivity index (χ3v) is 24.4. The van der Waals surface area contributed by atoms with E-state index in [-0.39, 0.29) is 84.5 Å². The summed E-state index contributed by atoms with van der Waals surface area (Å²) in [4.78, 5) is 130. The number of nitrogens with zero attached hydrogens (tertiary/aromatic N) is 13. The number of halogens is 2. The molecule has 0 saturated carbocycles. The molecule has 0 bridgehead atoms. The van der Waals surface area contributed by atoms with Crippen molar-refractivity contribution in [2.75, 3.05) is 5.33 Å². The lowest BCUT2D eigenvalue weighted by Crippen LogP contribution is -3.00. The normalized spacial score (nSPS) is 12.6. The lowest BCUT2D eigenvalue weighted by atomic mass is 10.0. The van der Waals surface area contributed by atoms with Crippen molar-refractivity contribution >= 4 is 153 Å². The minimum Gasteiger partial charge on any atom is -1.00 e. The Balaban J connectivity index is 0.000000154. The smallest absolute Gasteiger partial charge is 0.333 e. The Bertz CT molecular complexity index is 5690. The molecule has 2 N–H and O–H groups in total. The van der Waals surface area contributed by atoms with E-state index in [1.165, 1.54) is 43.6 Å². The van der Waals surface area contributed by atoms with Gasteiger partial charge in [0.25, 0.3) is 23.6 Å². The summed E-state index contributed by atoms with van der Waals surface area (Å²) >= 11 is 12.6. The van der Waals surface area contributed by atoms with E-state index in [9.17, 15) is 38.4 Å². The molecule has 16 rings (SSSR count). The summed E-state index contributed by atoms with van der Waals surface area (Å²) in [5.41, 5.74) is 19.8. The quantitative estimate of drug-likeness (QED) is 0.0193. The first-order valence-corrected chi connectivity index (χ1v) is 42.7. The summed E-state index contributed by atoms with van der Waals surface area (Å²) in [7, 11) is 0. The summed E-state index contributed by atoms with van der Waals surface area (Å²) in [5, 5.41) is 32.4. The molecule has 1 atom stereocenters. The molecule has 14 aromatic rings. The van der Waals surface area contributed by atoms with Crippen LogP contribution in [0.5, 0.6) is 0 Å². The van der Waals surface area contributed by atoms with Crippen molar-refractivity contribution in [2.45, 2.75) is 138 Å². The van der Waals surface area contributed by atoms with Crippen LogP contribution >= 0.6 is 84.0 Å². The molecule has 598 valence electrons. The Morgan fingerprint density at radius 1 is 0.483 bits per heavy atom. The van der Waals surface area contributed by atoms with E-state index < -0.39 is 35.6 Å². The van der Waals surface area contributed by atoms with Crippen LogP contribution in [-0.2, 0) is 45.0 Å². The van der Waals surface area contributed by atoms with Gasteiger partial charge in [-0.15, -0.1) is 78.1 Å². The zero-order valence-electron chi connectivity index (χ0n) is 63.7. The Labute approximate surface area is 708 Å². The number of thiophene rings is 6. The largest absolute Gasteiger partial charge is 1.00 e. The van der Waals surface area contributed by atoms with Gasteiger partial charge in [0.2, 0.25) is 11.6 Å². The molecule has 0 aliphatic carbocycles. The predicted molar refractivity (Wildman–Crippen MR) is 441 cm³/mol. The van der Waals surface area contributed by atoms with Crippen molar-refractivity contribution in [3.05, 3.63) is 202 Å². The first-order chi connectivity index (χ1) is 55.6. The third kappa shape index (κ3) is 21.7. The van der Waals surface area contributed by atoms with Gasteiger partial charge >= 0.3 is 11.9 Å². The number of imide groups is 2. The highest BCUT2D eigenvalue weighted by molar-refractivity contribution is 9.09. The molecule has 0 spiro atoms.